The van der Waals surface area contributed by atoms with Crippen LogP contribution in [-0.4, -0.2) is 39.0 Å². The number of carboxylic acids is 1. The van der Waals surface area contributed by atoms with E-state index in [2.05, 4.69) is 19.1 Å². The van der Waals surface area contributed by atoms with Crippen LogP contribution in [0.5, 0.6) is 0 Å². The molecular formula is C20H34O4S. The van der Waals surface area contributed by atoms with Crippen LogP contribution in [0.1, 0.15) is 71.1 Å². The number of aliphatic carboxylic acids is 1. The van der Waals surface area contributed by atoms with Crippen molar-refractivity contribution in [3.05, 3.63) is 12.2 Å². The summed E-state index contributed by atoms with van der Waals surface area (Å²) in [7, 11) is -0.721. The Morgan fingerprint density at radius 2 is 1.88 bits per heavy atom. The van der Waals surface area contributed by atoms with Crippen LogP contribution in [0.4, 0.5) is 0 Å². The Morgan fingerprint density at radius 3 is 2.60 bits per heavy atom. The Labute approximate surface area is 154 Å². The Bertz CT molecular complexity index is 463. The van der Waals surface area contributed by atoms with Gasteiger partial charge in [0, 0.05) is 34.6 Å². The third-order valence-corrected chi connectivity index (χ3v) is 7.03. The van der Waals surface area contributed by atoms with Crippen LogP contribution in [0.15, 0.2) is 12.2 Å². The van der Waals surface area contributed by atoms with E-state index in [1.165, 1.54) is 19.3 Å². The van der Waals surface area contributed by atoms with Gasteiger partial charge in [-0.3, -0.25) is 9.00 Å². The Balaban J connectivity index is 1.73. The molecule has 0 spiro atoms. The molecule has 0 aromatic rings. The number of fused-ring (bicyclic) bond motifs is 2. The molecule has 0 radical (unpaired) electrons. The average Bonchev–Trinajstić information content (AvgIpc) is 3.17. The largest absolute Gasteiger partial charge is 0.481 e. The molecular weight excluding hydrogens is 336 g/mol. The van der Waals surface area contributed by atoms with Crippen LogP contribution in [0, 0.1) is 11.8 Å². The van der Waals surface area contributed by atoms with Crippen molar-refractivity contribution in [2.45, 2.75) is 83.3 Å². The van der Waals surface area contributed by atoms with Crippen molar-refractivity contribution in [3.63, 3.8) is 0 Å². The number of hydrogen-bond donors (Lipinski definition) is 1. The highest BCUT2D eigenvalue weighted by Crippen LogP contribution is 2.45. The molecule has 2 fully saturated rings. The van der Waals surface area contributed by atoms with Gasteiger partial charge in [-0.1, -0.05) is 38.3 Å². The predicted octanol–water partition coefficient (Wildman–Crippen LogP) is 4.31. The van der Waals surface area contributed by atoms with Crippen LogP contribution in [0.2, 0.25) is 0 Å². The highest BCUT2D eigenvalue weighted by Gasteiger charge is 2.48. The van der Waals surface area contributed by atoms with Gasteiger partial charge < -0.3 is 9.84 Å². The number of rotatable bonds is 13. The molecule has 25 heavy (non-hydrogen) atoms. The molecule has 2 heterocycles. The minimum absolute atomic E-state index is 0.237. The second-order valence-corrected chi connectivity index (χ2v) is 9.10. The van der Waals surface area contributed by atoms with Crippen molar-refractivity contribution in [2.24, 2.45) is 11.8 Å². The number of carbonyl (C=O) groups is 1. The summed E-state index contributed by atoms with van der Waals surface area (Å²) in [6, 6.07) is 0. The lowest BCUT2D eigenvalue weighted by Crippen LogP contribution is -2.31. The zero-order chi connectivity index (χ0) is 18.1. The monoisotopic (exact) mass is 370 g/mol. The second-order valence-electron chi connectivity index (χ2n) is 7.48. The first-order valence-corrected chi connectivity index (χ1v) is 11.5. The number of ether oxygens (including phenoxy) is 1. The van der Waals surface area contributed by atoms with E-state index in [1.807, 2.05) is 0 Å². The van der Waals surface area contributed by atoms with Crippen LogP contribution in [0.3, 0.4) is 0 Å². The molecule has 1 unspecified atom stereocenters. The first kappa shape index (κ1) is 20.6. The Hall–Kier alpha value is -0.680. The zero-order valence-electron chi connectivity index (χ0n) is 15.5. The maximum atomic E-state index is 12.4. The lowest BCUT2D eigenvalue weighted by Gasteiger charge is -2.26. The zero-order valence-corrected chi connectivity index (χ0v) is 16.3. The highest BCUT2D eigenvalue weighted by atomic mass is 32.2. The van der Waals surface area contributed by atoms with Gasteiger partial charge in [-0.25, -0.2) is 0 Å². The van der Waals surface area contributed by atoms with Crippen molar-refractivity contribution < 1.29 is 18.8 Å². The van der Waals surface area contributed by atoms with Gasteiger partial charge >= 0.3 is 5.97 Å². The summed E-state index contributed by atoms with van der Waals surface area (Å²) in [6.07, 6.45) is 14.7. The van der Waals surface area contributed by atoms with Gasteiger partial charge in [0.15, 0.2) is 0 Å². The van der Waals surface area contributed by atoms with E-state index in [0.29, 0.717) is 30.5 Å². The van der Waals surface area contributed by atoms with Crippen LogP contribution in [-0.2, 0) is 20.3 Å². The van der Waals surface area contributed by atoms with Gasteiger partial charge in [-0.05, 0) is 44.4 Å². The van der Waals surface area contributed by atoms with Gasteiger partial charge in [-0.15, -0.1) is 0 Å². The molecule has 2 aliphatic rings. The van der Waals surface area contributed by atoms with Crippen molar-refractivity contribution in [1.29, 1.82) is 0 Å². The quantitative estimate of drug-likeness (QED) is 0.387. The van der Waals surface area contributed by atoms with E-state index in [-0.39, 0.29) is 6.42 Å². The predicted molar refractivity (Wildman–Crippen MR) is 102 cm³/mol. The summed E-state index contributed by atoms with van der Waals surface area (Å²) in [5.74, 6) is 1.84. The molecule has 0 aromatic heterocycles. The summed E-state index contributed by atoms with van der Waals surface area (Å²) in [5, 5.41) is 8.65. The van der Waals surface area contributed by atoms with E-state index >= 15 is 0 Å². The van der Waals surface area contributed by atoms with Gasteiger partial charge in [0.25, 0.3) is 0 Å². The van der Waals surface area contributed by atoms with E-state index in [9.17, 15) is 9.00 Å². The standard InChI is InChI=1S/C20H34O4S/c1-2-3-4-9-14-25(23)15-17-16(18-12-13-19(17)24-18)10-7-5-6-8-11-20(21)22/h5,7,16-19H,2-4,6,8-15H2,1H3,(H,21,22)/t16-,17+,18-,19+,25?/m0/s1. The average molecular weight is 371 g/mol. The molecule has 0 aliphatic carbocycles. The summed E-state index contributed by atoms with van der Waals surface area (Å²) < 4.78 is 18.5. The smallest absolute Gasteiger partial charge is 0.303 e. The molecule has 0 saturated carbocycles. The lowest BCUT2D eigenvalue weighted by molar-refractivity contribution is -0.137. The molecule has 2 aliphatic heterocycles. The van der Waals surface area contributed by atoms with Gasteiger partial charge in [0.2, 0.25) is 0 Å². The fraction of sp³-hybridized carbons (Fsp3) is 0.850. The molecule has 2 saturated heterocycles. The topological polar surface area (TPSA) is 63.6 Å². The molecule has 1 N–H and O–H groups in total. The second kappa shape index (κ2) is 11.1. The third kappa shape index (κ3) is 6.86. The van der Waals surface area contributed by atoms with Crippen molar-refractivity contribution in [2.75, 3.05) is 11.5 Å². The van der Waals surface area contributed by atoms with E-state index in [0.717, 1.165) is 43.6 Å². The SMILES string of the molecule is CCCCCCS(=O)C[C@@H]1[C@H](CC=CCCCC(=O)O)[C@@H]2CC[C@H]1O2. The molecule has 0 amide bonds. The number of hydrogen-bond acceptors (Lipinski definition) is 3. The summed E-state index contributed by atoms with van der Waals surface area (Å²) in [6.45, 7) is 2.20. The minimum Gasteiger partial charge on any atom is -0.481 e. The molecule has 2 bridgehead atoms. The normalized spacial score (nSPS) is 29.5. The molecule has 2 rings (SSSR count). The molecule has 5 heteroatoms. The van der Waals surface area contributed by atoms with Crippen molar-refractivity contribution in [1.82, 2.24) is 0 Å². The molecule has 5 atom stereocenters. The van der Waals surface area contributed by atoms with Crippen LogP contribution in [0.25, 0.3) is 0 Å². The van der Waals surface area contributed by atoms with Crippen LogP contribution < -0.4 is 0 Å². The van der Waals surface area contributed by atoms with Crippen LogP contribution >= 0.6 is 0 Å². The Kier molecular flexibility index (Phi) is 9.18. The van der Waals surface area contributed by atoms with Crippen molar-refractivity contribution in [3.8, 4) is 0 Å². The maximum absolute atomic E-state index is 12.4. The molecule has 0 aromatic carbocycles. The highest BCUT2D eigenvalue weighted by molar-refractivity contribution is 7.84. The third-order valence-electron chi connectivity index (χ3n) is 5.53. The number of allylic oxidation sites excluding steroid dienone is 2. The van der Waals surface area contributed by atoms with E-state index < -0.39 is 16.8 Å². The first-order valence-electron chi connectivity index (χ1n) is 9.99. The molecule has 144 valence electrons. The first-order chi connectivity index (χ1) is 12.1. The number of carboxylic acid groups (broad SMARTS) is 1. The summed E-state index contributed by atoms with van der Waals surface area (Å²) >= 11 is 0. The maximum Gasteiger partial charge on any atom is 0.303 e. The number of unbranched alkanes of at least 4 members (excludes halogenated alkanes) is 4. The molecule has 4 nitrogen and oxygen atoms in total. The summed E-state index contributed by atoms with van der Waals surface area (Å²) in [5.41, 5.74) is 0. The van der Waals surface area contributed by atoms with E-state index in [1.54, 1.807) is 0 Å². The Morgan fingerprint density at radius 1 is 1.12 bits per heavy atom. The van der Waals surface area contributed by atoms with Gasteiger partial charge in [0.1, 0.15) is 0 Å². The van der Waals surface area contributed by atoms with Gasteiger partial charge in [-0.2, -0.15) is 0 Å². The van der Waals surface area contributed by atoms with Crippen molar-refractivity contribution >= 4 is 16.8 Å². The summed E-state index contributed by atoms with van der Waals surface area (Å²) in [4.78, 5) is 10.5. The fourth-order valence-electron chi connectivity index (χ4n) is 4.16. The van der Waals surface area contributed by atoms with Gasteiger partial charge in [0.05, 0.1) is 12.2 Å². The fourth-order valence-corrected chi connectivity index (χ4v) is 5.74. The minimum atomic E-state index is -0.726. The van der Waals surface area contributed by atoms with E-state index in [4.69, 9.17) is 9.84 Å². The lowest BCUT2D eigenvalue weighted by atomic mass is 9.78.